The molecule has 1 rings (SSSR count). The monoisotopic (exact) mass is 198 g/mol. The minimum atomic E-state index is 0.346. The van der Waals surface area contributed by atoms with Crippen molar-refractivity contribution >= 4 is 11.6 Å². The van der Waals surface area contributed by atoms with Crippen LogP contribution in [-0.2, 0) is 0 Å². The molecule has 0 aliphatic heterocycles. The van der Waals surface area contributed by atoms with Gasteiger partial charge in [0.1, 0.15) is 5.75 Å². The van der Waals surface area contributed by atoms with Gasteiger partial charge in [-0.25, -0.2) is 0 Å². The highest BCUT2D eigenvalue weighted by atomic mass is 35.5. The number of benzene rings is 1. The standard InChI is InChI=1S/C11H15ClO/c1-6(2)10-8(4)11(13)7(3)5-9(10)12/h5-6,13H,1-4H3. The molecular weight excluding hydrogens is 184 g/mol. The van der Waals surface area contributed by atoms with Gasteiger partial charge in [-0.2, -0.15) is 0 Å². The lowest BCUT2D eigenvalue weighted by Crippen LogP contribution is -1.95. The van der Waals surface area contributed by atoms with Gasteiger partial charge in [0.05, 0.1) is 0 Å². The summed E-state index contributed by atoms with van der Waals surface area (Å²) in [6, 6.07) is 1.82. The molecule has 1 N–H and O–H groups in total. The third-order valence-electron chi connectivity index (χ3n) is 2.31. The normalized spacial score (nSPS) is 10.9. The van der Waals surface area contributed by atoms with Crippen LogP contribution in [0.25, 0.3) is 0 Å². The van der Waals surface area contributed by atoms with Crippen LogP contribution >= 0.6 is 11.6 Å². The minimum Gasteiger partial charge on any atom is -0.507 e. The number of phenols is 1. The maximum atomic E-state index is 9.70. The van der Waals surface area contributed by atoms with E-state index in [1.807, 2.05) is 19.9 Å². The van der Waals surface area contributed by atoms with Crippen LogP contribution in [0, 0.1) is 13.8 Å². The van der Waals surface area contributed by atoms with Gasteiger partial charge in [0.2, 0.25) is 0 Å². The van der Waals surface area contributed by atoms with Gasteiger partial charge in [0.25, 0.3) is 0 Å². The fourth-order valence-electron chi connectivity index (χ4n) is 1.65. The van der Waals surface area contributed by atoms with Crippen molar-refractivity contribution in [2.45, 2.75) is 33.6 Å². The molecule has 72 valence electrons. The predicted octanol–water partition coefficient (Wildman–Crippen LogP) is 3.79. The summed E-state index contributed by atoms with van der Waals surface area (Å²) in [6.07, 6.45) is 0. The summed E-state index contributed by atoms with van der Waals surface area (Å²) in [5.41, 5.74) is 2.79. The second kappa shape index (κ2) is 3.59. The van der Waals surface area contributed by atoms with E-state index in [-0.39, 0.29) is 0 Å². The Kier molecular flexibility index (Phi) is 2.87. The Balaban J connectivity index is 3.44. The first-order valence-corrected chi connectivity index (χ1v) is 4.81. The molecule has 0 aromatic heterocycles. The molecule has 0 aliphatic carbocycles. The number of rotatable bonds is 1. The summed E-state index contributed by atoms with van der Waals surface area (Å²) in [4.78, 5) is 0. The molecule has 0 aliphatic rings. The summed E-state index contributed by atoms with van der Waals surface area (Å²) in [6.45, 7) is 7.91. The van der Waals surface area contributed by atoms with Crippen LogP contribution < -0.4 is 0 Å². The van der Waals surface area contributed by atoms with Crippen LogP contribution in [0.15, 0.2) is 6.07 Å². The Morgan fingerprint density at radius 3 is 2.31 bits per heavy atom. The number of phenolic OH excluding ortho intramolecular Hbond substituents is 1. The number of aryl methyl sites for hydroxylation is 1. The highest BCUT2D eigenvalue weighted by molar-refractivity contribution is 6.31. The highest BCUT2D eigenvalue weighted by Crippen LogP contribution is 2.35. The van der Waals surface area contributed by atoms with E-state index in [0.717, 1.165) is 21.7 Å². The van der Waals surface area contributed by atoms with Crippen molar-refractivity contribution in [2.75, 3.05) is 0 Å². The second-order valence-electron chi connectivity index (χ2n) is 3.72. The van der Waals surface area contributed by atoms with Gasteiger partial charge in [-0.15, -0.1) is 0 Å². The molecule has 13 heavy (non-hydrogen) atoms. The van der Waals surface area contributed by atoms with Gasteiger partial charge in [-0.3, -0.25) is 0 Å². The zero-order valence-electron chi connectivity index (χ0n) is 8.48. The van der Waals surface area contributed by atoms with Gasteiger partial charge in [0, 0.05) is 5.02 Å². The van der Waals surface area contributed by atoms with E-state index in [2.05, 4.69) is 13.8 Å². The molecule has 2 heteroatoms. The first-order valence-electron chi connectivity index (χ1n) is 4.43. The largest absolute Gasteiger partial charge is 0.507 e. The molecule has 0 spiro atoms. The molecule has 0 unspecified atom stereocenters. The van der Waals surface area contributed by atoms with Gasteiger partial charge in [-0.05, 0) is 42.5 Å². The Hall–Kier alpha value is -0.690. The molecule has 0 saturated carbocycles. The molecular formula is C11H15ClO. The van der Waals surface area contributed by atoms with Crippen molar-refractivity contribution in [3.05, 3.63) is 27.8 Å². The van der Waals surface area contributed by atoms with Crippen molar-refractivity contribution in [3.8, 4) is 5.75 Å². The van der Waals surface area contributed by atoms with E-state index >= 15 is 0 Å². The van der Waals surface area contributed by atoms with E-state index in [0.29, 0.717) is 11.7 Å². The summed E-state index contributed by atoms with van der Waals surface area (Å²) >= 11 is 6.09. The third kappa shape index (κ3) is 1.80. The average Bonchev–Trinajstić information content (AvgIpc) is 1.99. The smallest absolute Gasteiger partial charge is 0.121 e. The average molecular weight is 199 g/mol. The summed E-state index contributed by atoms with van der Waals surface area (Å²) in [5.74, 6) is 0.715. The van der Waals surface area contributed by atoms with Crippen molar-refractivity contribution in [1.82, 2.24) is 0 Å². The van der Waals surface area contributed by atoms with Crippen LogP contribution in [0.1, 0.15) is 36.5 Å². The topological polar surface area (TPSA) is 20.2 Å². The second-order valence-corrected chi connectivity index (χ2v) is 4.12. The van der Waals surface area contributed by atoms with Gasteiger partial charge in [-0.1, -0.05) is 25.4 Å². The van der Waals surface area contributed by atoms with Gasteiger partial charge >= 0.3 is 0 Å². The van der Waals surface area contributed by atoms with E-state index in [1.54, 1.807) is 0 Å². The van der Waals surface area contributed by atoms with Crippen LogP contribution in [0.5, 0.6) is 5.75 Å². The molecule has 0 radical (unpaired) electrons. The van der Waals surface area contributed by atoms with E-state index in [9.17, 15) is 5.11 Å². The molecule has 0 fully saturated rings. The first kappa shape index (κ1) is 10.4. The lowest BCUT2D eigenvalue weighted by molar-refractivity contribution is 0.465. The van der Waals surface area contributed by atoms with Gasteiger partial charge in [0.15, 0.2) is 0 Å². The quantitative estimate of drug-likeness (QED) is 0.728. The molecule has 1 nitrogen and oxygen atoms in total. The fraction of sp³-hybridized carbons (Fsp3) is 0.455. The SMILES string of the molecule is Cc1cc(Cl)c(C(C)C)c(C)c1O. The lowest BCUT2D eigenvalue weighted by atomic mass is 9.95. The molecule has 1 aromatic rings. The van der Waals surface area contributed by atoms with Crippen LogP contribution in [0.2, 0.25) is 5.02 Å². The van der Waals surface area contributed by atoms with Gasteiger partial charge < -0.3 is 5.11 Å². The zero-order chi connectivity index (χ0) is 10.2. The van der Waals surface area contributed by atoms with Crippen molar-refractivity contribution in [2.24, 2.45) is 0 Å². The zero-order valence-corrected chi connectivity index (χ0v) is 9.24. The third-order valence-corrected chi connectivity index (χ3v) is 2.62. The maximum absolute atomic E-state index is 9.70. The molecule has 0 atom stereocenters. The Morgan fingerprint density at radius 1 is 1.31 bits per heavy atom. The summed E-state index contributed by atoms with van der Waals surface area (Å²) in [5, 5.41) is 10.5. The van der Waals surface area contributed by atoms with Crippen molar-refractivity contribution in [3.63, 3.8) is 0 Å². The van der Waals surface area contributed by atoms with Crippen LogP contribution in [-0.4, -0.2) is 5.11 Å². The van der Waals surface area contributed by atoms with Crippen LogP contribution in [0.3, 0.4) is 0 Å². The molecule has 1 aromatic carbocycles. The van der Waals surface area contributed by atoms with E-state index in [4.69, 9.17) is 11.6 Å². The van der Waals surface area contributed by atoms with E-state index in [1.165, 1.54) is 0 Å². The molecule has 0 heterocycles. The maximum Gasteiger partial charge on any atom is 0.121 e. The Bertz CT molecular complexity index is 329. The predicted molar refractivity (Wildman–Crippen MR) is 56.7 cm³/mol. The number of hydrogen-bond donors (Lipinski definition) is 1. The Labute approximate surface area is 84.4 Å². The lowest BCUT2D eigenvalue weighted by Gasteiger charge is -2.15. The van der Waals surface area contributed by atoms with Crippen molar-refractivity contribution < 1.29 is 5.11 Å². The first-order chi connectivity index (χ1) is 5.95. The number of halogens is 1. The molecule has 0 amide bonds. The molecule has 0 bridgehead atoms. The Morgan fingerprint density at radius 2 is 1.85 bits per heavy atom. The van der Waals surface area contributed by atoms with E-state index < -0.39 is 0 Å². The fourth-order valence-corrected chi connectivity index (χ4v) is 2.17. The number of aromatic hydroxyl groups is 1. The minimum absolute atomic E-state index is 0.346. The summed E-state index contributed by atoms with van der Waals surface area (Å²) in [7, 11) is 0. The number of hydrogen-bond acceptors (Lipinski definition) is 1. The highest BCUT2D eigenvalue weighted by Gasteiger charge is 2.13. The summed E-state index contributed by atoms with van der Waals surface area (Å²) < 4.78 is 0. The van der Waals surface area contributed by atoms with Crippen LogP contribution in [0.4, 0.5) is 0 Å². The van der Waals surface area contributed by atoms with Crippen molar-refractivity contribution in [1.29, 1.82) is 0 Å². The molecule has 0 saturated heterocycles.